The first-order chi connectivity index (χ1) is 11.3. The van der Waals surface area contributed by atoms with Gasteiger partial charge in [0.1, 0.15) is 5.76 Å². The van der Waals surface area contributed by atoms with Crippen molar-refractivity contribution in [2.75, 3.05) is 13.1 Å². The molecule has 1 aliphatic heterocycles. The quantitative estimate of drug-likeness (QED) is 0.851. The van der Waals surface area contributed by atoms with Crippen molar-refractivity contribution >= 4 is 5.91 Å². The first kappa shape index (κ1) is 15.7. The highest BCUT2D eigenvalue weighted by molar-refractivity contribution is 5.92. The third-order valence-corrected chi connectivity index (χ3v) is 4.33. The molecule has 0 spiro atoms. The van der Waals surface area contributed by atoms with E-state index >= 15 is 0 Å². The normalized spacial score (nSPS) is 18.1. The number of aromatic nitrogens is 2. The minimum absolute atomic E-state index is 0.00742. The summed E-state index contributed by atoms with van der Waals surface area (Å²) in [5.41, 5.74) is 1.67. The molecule has 0 saturated carbocycles. The van der Waals surface area contributed by atoms with Crippen molar-refractivity contribution in [3.8, 4) is 0 Å². The van der Waals surface area contributed by atoms with Crippen LogP contribution in [0.2, 0.25) is 0 Å². The number of pyridine rings is 1. The smallest absolute Gasteiger partial charge is 0.276 e. The maximum atomic E-state index is 12.6. The van der Waals surface area contributed by atoms with Crippen molar-refractivity contribution in [1.82, 2.24) is 15.0 Å². The predicted molar refractivity (Wildman–Crippen MR) is 87.1 cm³/mol. The van der Waals surface area contributed by atoms with Crippen LogP contribution < -0.4 is 0 Å². The molecule has 2 aromatic rings. The molecule has 1 amide bonds. The van der Waals surface area contributed by atoms with Gasteiger partial charge in [-0.15, -0.1) is 0 Å². The predicted octanol–water partition coefficient (Wildman–Crippen LogP) is 3.12. The fourth-order valence-corrected chi connectivity index (χ4v) is 3.21. The fraction of sp³-hybridized carbons (Fsp3) is 0.500. The molecule has 1 fully saturated rings. The van der Waals surface area contributed by atoms with Gasteiger partial charge in [0.25, 0.3) is 5.91 Å². The Bertz CT molecular complexity index is 639. The summed E-state index contributed by atoms with van der Waals surface area (Å²) in [5, 5.41) is 3.94. The number of hydrogen-bond acceptors (Lipinski definition) is 4. The van der Waals surface area contributed by atoms with Crippen LogP contribution in [-0.2, 0) is 12.8 Å². The van der Waals surface area contributed by atoms with Crippen LogP contribution in [0.25, 0.3) is 0 Å². The summed E-state index contributed by atoms with van der Waals surface area (Å²) in [7, 11) is 0. The number of rotatable bonds is 5. The van der Waals surface area contributed by atoms with E-state index in [-0.39, 0.29) is 5.91 Å². The van der Waals surface area contributed by atoms with E-state index in [4.69, 9.17) is 4.52 Å². The molecule has 23 heavy (non-hydrogen) atoms. The van der Waals surface area contributed by atoms with Gasteiger partial charge in [-0.05, 0) is 43.2 Å². The number of hydrogen-bond donors (Lipinski definition) is 0. The van der Waals surface area contributed by atoms with E-state index in [1.165, 1.54) is 5.56 Å². The SMILES string of the molecule is CCCc1cc(C(=O)N2CCC[C@@H](Cc3cccnc3)C2)no1. The minimum atomic E-state index is -0.00742. The Hall–Kier alpha value is -2.17. The Morgan fingerprint density at radius 3 is 3.17 bits per heavy atom. The first-order valence-electron chi connectivity index (χ1n) is 8.40. The van der Waals surface area contributed by atoms with Gasteiger partial charge in [-0.1, -0.05) is 18.1 Å². The summed E-state index contributed by atoms with van der Waals surface area (Å²) in [5.74, 6) is 1.27. The molecule has 5 nitrogen and oxygen atoms in total. The van der Waals surface area contributed by atoms with Gasteiger partial charge in [-0.2, -0.15) is 0 Å². The summed E-state index contributed by atoms with van der Waals surface area (Å²) < 4.78 is 5.23. The van der Waals surface area contributed by atoms with Crippen LogP contribution in [-0.4, -0.2) is 34.0 Å². The number of carbonyl (C=O) groups excluding carboxylic acids is 1. The van der Waals surface area contributed by atoms with Crippen molar-refractivity contribution in [2.24, 2.45) is 5.92 Å². The van der Waals surface area contributed by atoms with E-state index in [2.05, 4.69) is 23.1 Å². The third-order valence-electron chi connectivity index (χ3n) is 4.33. The van der Waals surface area contributed by atoms with Crippen molar-refractivity contribution in [2.45, 2.75) is 39.0 Å². The van der Waals surface area contributed by atoms with Crippen LogP contribution >= 0.6 is 0 Å². The molecule has 1 saturated heterocycles. The maximum absolute atomic E-state index is 12.6. The van der Waals surface area contributed by atoms with Crippen LogP contribution in [0, 0.1) is 5.92 Å². The average molecular weight is 313 g/mol. The topological polar surface area (TPSA) is 59.2 Å². The van der Waals surface area contributed by atoms with Crippen LogP contribution in [0.3, 0.4) is 0 Å². The highest BCUT2D eigenvalue weighted by atomic mass is 16.5. The zero-order valence-electron chi connectivity index (χ0n) is 13.6. The summed E-state index contributed by atoms with van der Waals surface area (Å²) >= 11 is 0. The van der Waals surface area contributed by atoms with Gasteiger partial charge in [0.15, 0.2) is 5.69 Å². The van der Waals surface area contributed by atoms with Crippen LogP contribution in [0.15, 0.2) is 35.1 Å². The highest BCUT2D eigenvalue weighted by Gasteiger charge is 2.26. The molecule has 5 heteroatoms. The number of carbonyl (C=O) groups is 1. The molecule has 122 valence electrons. The Morgan fingerprint density at radius 2 is 2.39 bits per heavy atom. The summed E-state index contributed by atoms with van der Waals surface area (Å²) in [6.07, 6.45) is 8.67. The summed E-state index contributed by atoms with van der Waals surface area (Å²) in [6.45, 7) is 3.67. The second-order valence-electron chi connectivity index (χ2n) is 6.25. The van der Waals surface area contributed by atoms with Crippen LogP contribution in [0.4, 0.5) is 0 Å². The molecule has 0 N–H and O–H groups in total. The standard InChI is InChI=1S/C18H23N3O2/c1-2-5-16-11-17(20-23-16)18(22)21-9-4-7-15(13-21)10-14-6-3-8-19-12-14/h3,6,8,11-12,15H,2,4-5,7,9-10,13H2,1H3/t15-/m0/s1. The molecule has 3 heterocycles. The van der Waals surface area contributed by atoms with E-state index in [0.29, 0.717) is 11.6 Å². The van der Waals surface area contributed by atoms with Crippen LogP contribution in [0.1, 0.15) is 48.0 Å². The van der Waals surface area contributed by atoms with Gasteiger partial charge in [-0.3, -0.25) is 9.78 Å². The van der Waals surface area contributed by atoms with Gasteiger partial charge in [0, 0.05) is 38.0 Å². The van der Waals surface area contributed by atoms with E-state index in [1.54, 1.807) is 12.3 Å². The molecule has 0 aromatic carbocycles. The van der Waals surface area contributed by atoms with Crippen molar-refractivity contribution in [3.63, 3.8) is 0 Å². The Kier molecular flexibility index (Phi) is 5.05. The third kappa shape index (κ3) is 3.97. The zero-order chi connectivity index (χ0) is 16.1. The number of piperidine rings is 1. The number of nitrogens with zero attached hydrogens (tertiary/aromatic N) is 3. The van der Waals surface area contributed by atoms with Crippen molar-refractivity contribution in [1.29, 1.82) is 0 Å². The Balaban J connectivity index is 1.62. The molecule has 0 bridgehead atoms. The molecular weight excluding hydrogens is 290 g/mol. The second kappa shape index (κ2) is 7.40. The lowest BCUT2D eigenvalue weighted by Gasteiger charge is -2.32. The van der Waals surface area contributed by atoms with E-state index < -0.39 is 0 Å². The maximum Gasteiger partial charge on any atom is 0.276 e. The lowest BCUT2D eigenvalue weighted by Crippen LogP contribution is -2.40. The number of aryl methyl sites for hydroxylation is 1. The van der Waals surface area contributed by atoms with Gasteiger partial charge in [0.2, 0.25) is 0 Å². The van der Waals surface area contributed by atoms with Gasteiger partial charge >= 0.3 is 0 Å². The number of amides is 1. The molecule has 1 atom stereocenters. The highest BCUT2D eigenvalue weighted by Crippen LogP contribution is 2.22. The van der Waals surface area contributed by atoms with Gasteiger partial charge in [-0.25, -0.2) is 0 Å². The minimum Gasteiger partial charge on any atom is -0.361 e. The second-order valence-corrected chi connectivity index (χ2v) is 6.25. The molecule has 3 rings (SSSR count). The van der Waals surface area contributed by atoms with Crippen molar-refractivity contribution < 1.29 is 9.32 Å². The average Bonchev–Trinajstić information content (AvgIpc) is 3.04. The lowest BCUT2D eigenvalue weighted by molar-refractivity contribution is 0.0663. The molecule has 0 aliphatic carbocycles. The molecule has 0 radical (unpaired) electrons. The molecule has 1 aliphatic rings. The van der Waals surface area contributed by atoms with E-state index in [9.17, 15) is 4.79 Å². The Labute approximate surface area is 136 Å². The first-order valence-corrected chi connectivity index (χ1v) is 8.40. The lowest BCUT2D eigenvalue weighted by atomic mass is 9.92. The molecular formula is C18H23N3O2. The number of likely N-dealkylation sites (tertiary alicyclic amines) is 1. The van der Waals surface area contributed by atoms with E-state index in [0.717, 1.165) is 51.0 Å². The van der Waals surface area contributed by atoms with Gasteiger partial charge < -0.3 is 9.42 Å². The zero-order valence-corrected chi connectivity index (χ0v) is 13.6. The monoisotopic (exact) mass is 313 g/mol. The van der Waals surface area contributed by atoms with E-state index in [1.807, 2.05) is 17.2 Å². The Morgan fingerprint density at radius 1 is 1.48 bits per heavy atom. The fourth-order valence-electron chi connectivity index (χ4n) is 3.21. The van der Waals surface area contributed by atoms with Gasteiger partial charge in [0.05, 0.1) is 0 Å². The molecule has 2 aromatic heterocycles. The largest absolute Gasteiger partial charge is 0.361 e. The van der Waals surface area contributed by atoms with Crippen molar-refractivity contribution in [3.05, 3.63) is 47.6 Å². The van der Waals surface area contributed by atoms with Crippen LogP contribution in [0.5, 0.6) is 0 Å². The summed E-state index contributed by atoms with van der Waals surface area (Å²) in [6, 6.07) is 5.85. The molecule has 0 unspecified atom stereocenters. The summed E-state index contributed by atoms with van der Waals surface area (Å²) in [4.78, 5) is 18.7.